The molecule has 4 heteroatoms. The standard InChI is InChI=1S/C13H10BrCl2N/c14-11-3-1-2-10(13(11)16)12(15)8-9-4-6-17-7-5-9/h1-7,12H,8H2. The Hall–Kier alpha value is -0.570. The number of hydrogen-bond acceptors (Lipinski definition) is 1. The topological polar surface area (TPSA) is 12.9 Å². The van der Waals surface area contributed by atoms with Crippen molar-refractivity contribution in [3.05, 3.63) is 63.3 Å². The molecule has 0 spiro atoms. The molecule has 1 unspecified atom stereocenters. The van der Waals surface area contributed by atoms with Gasteiger partial charge in [0.15, 0.2) is 0 Å². The summed E-state index contributed by atoms with van der Waals surface area (Å²) in [5, 5.41) is 0.545. The van der Waals surface area contributed by atoms with E-state index in [1.165, 1.54) is 0 Å². The number of benzene rings is 1. The fourth-order valence-electron chi connectivity index (χ4n) is 1.60. The number of alkyl halides is 1. The molecule has 0 saturated carbocycles. The molecule has 0 aliphatic carbocycles. The summed E-state index contributed by atoms with van der Waals surface area (Å²) >= 11 is 16.0. The predicted octanol–water partition coefficient (Wildman–Crippen LogP) is 5.02. The van der Waals surface area contributed by atoms with Crippen molar-refractivity contribution in [2.45, 2.75) is 11.8 Å². The predicted molar refractivity (Wildman–Crippen MR) is 75.7 cm³/mol. The number of rotatable bonds is 3. The van der Waals surface area contributed by atoms with Crippen LogP contribution in [0.25, 0.3) is 0 Å². The molecule has 1 aromatic heterocycles. The van der Waals surface area contributed by atoms with Crippen molar-refractivity contribution < 1.29 is 0 Å². The Bertz CT molecular complexity index is 502. The Kier molecular flexibility index (Phi) is 4.43. The van der Waals surface area contributed by atoms with Crippen molar-refractivity contribution >= 4 is 39.1 Å². The van der Waals surface area contributed by atoms with Crippen molar-refractivity contribution in [1.29, 1.82) is 0 Å². The Labute approximate surface area is 119 Å². The maximum absolute atomic E-state index is 6.39. The van der Waals surface area contributed by atoms with E-state index in [0.29, 0.717) is 5.02 Å². The minimum atomic E-state index is -0.137. The summed E-state index contributed by atoms with van der Waals surface area (Å²) in [7, 11) is 0. The first-order valence-electron chi connectivity index (χ1n) is 5.15. The SMILES string of the molecule is Clc1c(Br)cccc1C(Cl)Cc1ccncc1. The number of aromatic nitrogens is 1. The molecule has 0 aliphatic rings. The van der Waals surface area contributed by atoms with Crippen LogP contribution < -0.4 is 0 Å². The minimum Gasteiger partial charge on any atom is -0.265 e. The molecule has 1 heterocycles. The van der Waals surface area contributed by atoms with Crippen molar-refractivity contribution in [1.82, 2.24) is 4.98 Å². The van der Waals surface area contributed by atoms with E-state index < -0.39 is 0 Å². The average molecular weight is 331 g/mol. The van der Waals surface area contributed by atoms with Crippen LogP contribution >= 0.6 is 39.1 Å². The lowest BCUT2D eigenvalue weighted by molar-refractivity contribution is 0.915. The zero-order valence-electron chi connectivity index (χ0n) is 8.91. The van der Waals surface area contributed by atoms with Gasteiger partial charge in [-0.05, 0) is 51.7 Å². The molecule has 2 aromatic rings. The molecule has 1 aromatic carbocycles. The van der Waals surface area contributed by atoms with Gasteiger partial charge in [0.2, 0.25) is 0 Å². The number of pyridine rings is 1. The van der Waals surface area contributed by atoms with E-state index in [9.17, 15) is 0 Å². The third-order valence-corrected chi connectivity index (χ3v) is 4.18. The second kappa shape index (κ2) is 5.85. The monoisotopic (exact) mass is 329 g/mol. The van der Waals surface area contributed by atoms with Gasteiger partial charge < -0.3 is 0 Å². The molecule has 88 valence electrons. The van der Waals surface area contributed by atoms with Crippen LogP contribution in [0.15, 0.2) is 47.2 Å². The molecule has 2 rings (SSSR count). The molecule has 0 aliphatic heterocycles. The molecule has 0 N–H and O–H groups in total. The quantitative estimate of drug-likeness (QED) is 0.720. The van der Waals surface area contributed by atoms with E-state index in [1.807, 2.05) is 30.3 Å². The first kappa shape index (κ1) is 12.9. The highest BCUT2D eigenvalue weighted by Crippen LogP contribution is 2.34. The Balaban J connectivity index is 2.20. The van der Waals surface area contributed by atoms with Crippen molar-refractivity contribution in [2.75, 3.05) is 0 Å². The van der Waals surface area contributed by atoms with Gasteiger partial charge in [-0.25, -0.2) is 0 Å². The Morgan fingerprint density at radius 1 is 1.18 bits per heavy atom. The maximum Gasteiger partial charge on any atom is 0.0640 e. The highest BCUT2D eigenvalue weighted by Gasteiger charge is 2.14. The lowest BCUT2D eigenvalue weighted by Gasteiger charge is -2.12. The number of nitrogens with zero attached hydrogens (tertiary/aromatic N) is 1. The van der Waals surface area contributed by atoms with Crippen LogP contribution in [-0.4, -0.2) is 4.98 Å². The largest absolute Gasteiger partial charge is 0.265 e. The molecule has 1 nitrogen and oxygen atoms in total. The molecule has 1 atom stereocenters. The lowest BCUT2D eigenvalue weighted by atomic mass is 10.0. The van der Waals surface area contributed by atoms with Crippen LogP contribution in [0.3, 0.4) is 0 Å². The van der Waals surface area contributed by atoms with Gasteiger partial charge in [0.25, 0.3) is 0 Å². The van der Waals surface area contributed by atoms with Crippen molar-refractivity contribution in [3.63, 3.8) is 0 Å². The van der Waals surface area contributed by atoms with Crippen molar-refractivity contribution in [2.24, 2.45) is 0 Å². The molecular formula is C13H10BrCl2N. The molecule has 17 heavy (non-hydrogen) atoms. The highest BCUT2D eigenvalue weighted by molar-refractivity contribution is 9.10. The summed E-state index contributed by atoms with van der Waals surface area (Å²) in [6.45, 7) is 0. The van der Waals surface area contributed by atoms with Gasteiger partial charge in [0.05, 0.1) is 10.4 Å². The van der Waals surface area contributed by atoms with Crippen LogP contribution in [-0.2, 0) is 6.42 Å². The molecule has 0 saturated heterocycles. The second-order valence-corrected chi connectivity index (χ2v) is 5.43. The van der Waals surface area contributed by atoms with Crippen molar-refractivity contribution in [3.8, 4) is 0 Å². The molecule has 0 radical (unpaired) electrons. The first-order chi connectivity index (χ1) is 8.18. The highest BCUT2D eigenvalue weighted by atomic mass is 79.9. The summed E-state index contributed by atoms with van der Waals surface area (Å²) in [6, 6.07) is 9.71. The molecule has 0 bridgehead atoms. The zero-order valence-corrected chi connectivity index (χ0v) is 12.0. The van der Waals surface area contributed by atoms with Crippen LogP contribution in [0.5, 0.6) is 0 Å². The molecular weight excluding hydrogens is 321 g/mol. The first-order valence-corrected chi connectivity index (χ1v) is 6.76. The van der Waals surface area contributed by atoms with E-state index in [-0.39, 0.29) is 5.38 Å². The van der Waals surface area contributed by atoms with Crippen LogP contribution in [0, 0.1) is 0 Å². The normalized spacial score (nSPS) is 12.4. The van der Waals surface area contributed by atoms with Crippen LogP contribution in [0.2, 0.25) is 5.02 Å². The van der Waals surface area contributed by atoms with Gasteiger partial charge in [0.1, 0.15) is 0 Å². The Morgan fingerprint density at radius 3 is 2.59 bits per heavy atom. The van der Waals surface area contributed by atoms with Gasteiger partial charge in [-0.3, -0.25) is 4.98 Å². The number of hydrogen-bond donors (Lipinski definition) is 0. The van der Waals surface area contributed by atoms with E-state index in [4.69, 9.17) is 23.2 Å². The second-order valence-electron chi connectivity index (χ2n) is 3.67. The summed E-state index contributed by atoms with van der Waals surface area (Å²) in [6.07, 6.45) is 4.27. The smallest absolute Gasteiger partial charge is 0.0640 e. The maximum atomic E-state index is 6.39. The summed E-state index contributed by atoms with van der Waals surface area (Å²) in [4.78, 5) is 3.98. The van der Waals surface area contributed by atoms with Gasteiger partial charge in [0, 0.05) is 16.9 Å². The van der Waals surface area contributed by atoms with E-state index in [1.54, 1.807) is 12.4 Å². The summed E-state index contributed by atoms with van der Waals surface area (Å²) < 4.78 is 0.872. The van der Waals surface area contributed by atoms with Gasteiger partial charge in [-0.1, -0.05) is 23.7 Å². The van der Waals surface area contributed by atoms with E-state index in [2.05, 4.69) is 20.9 Å². The minimum absolute atomic E-state index is 0.137. The summed E-state index contributed by atoms with van der Waals surface area (Å²) in [5.74, 6) is 0. The van der Waals surface area contributed by atoms with Gasteiger partial charge in [-0.15, -0.1) is 11.6 Å². The van der Waals surface area contributed by atoms with E-state index >= 15 is 0 Å². The average Bonchev–Trinajstić information content (AvgIpc) is 2.34. The van der Waals surface area contributed by atoms with Gasteiger partial charge in [-0.2, -0.15) is 0 Å². The third-order valence-electron chi connectivity index (χ3n) is 2.48. The van der Waals surface area contributed by atoms with Gasteiger partial charge >= 0.3 is 0 Å². The van der Waals surface area contributed by atoms with Crippen LogP contribution in [0.4, 0.5) is 0 Å². The fraction of sp³-hybridized carbons (Fsp3) is 0.154. The third kappa shape index (κ3) is 3.21. The zero-order chi connectivity index (χ0) is 12.3. The number of halogens is 3. The van der Waals surface area contributed by atoms with Crippen LogP contribution in [0.1, 0.15) is 16.5 Å². The molecule has 0 fully saturated rings. The molecule has 0 amide bonds. The fourth-order valence-corrected chi connectivity index (χ4v) is 2.65. The Morgan fingerprint density at radius 2 is 1.88 bits per heavy atom. The summed E-state index contributed by atoms with van der Waals surface area (Å²) in [5.41, 5.74) is 2.09. The lowest BCUT2D eigenvalue weighted by Crippen LogP contribution is -1.97. The van der Waals surface area contributed by atoms with E-state index in [0.717, 1.165) is 22.0 Å².